The van der Waals surface area contributed by atoms with Crippen LogP contribution in [0, 0.1) is 5.92 Å². The van der Waals surface area contributed by atoms with Gasteiger partial charge in [-0.25, -0.2) is 0 Å². The summed E-state index contributed by atoms with van der Waals surface area (Å²) in [6.45, 7) is 5.33. The summed E-state index contributed by atoms with van der Waals surface area (Å²) in [6, 6.07) is 6.71. The van der Waals surface area contributed by atoms with Crippen LogP contribution in [0.3, 0.4) is 0 Å². The lowest BCUT2D eigenvalue weighted by atomic mass is 10.2. The minimum Gasteiger partial charge on any atom is -0.435 e. The van der Waals surface area contributed by atoms with E-state index in [0.717, 1.165) is 38.2 Å². The Hall–Kier alpha value is -1.20. The number of benzene rings is 1. The molecule has 114 valence electrons. The molecular weight excluding hydrogens is 262 g/mol. The van der Waals surface area contributed by atoms with Crippen LogP contribution in [0.4, 0.5) is 8.78 Å². The van der Waals surface area contributed by atoms with E-state index in [1.165, 1.54) is 0 Å². The molecular formula is C15H24F2N2O. The first kappa shape index (κ1) is 16.9. The molecule has 0 unspecified atom stereocenters. The highest BCUT2D eigenvalue weighted by molar-refractivity contribution is 5.27. The van der Waals surface area contributed by atoms with Gasteiger partial charge in [0, 0.05) is 6.54 Å². The zero-order chi connectivity index (χ0) is 14.8. The summed E-state index contributed by atoms with van der Waals surface area (Å²) in [5.74, 6) is 0.874. The normalized spacial score (nSPS) is 11.3. The number of halogens is 2. The molecule has 0 bridgehead atoms. The molecule has 0 heterocycles. The Balaban J connectivity index is 2.10. The molecule has 0 aromatic heterocycles. The summed E-state index contributed by atoms with van der Waals surface area (Å²) in [6.07, 6.45) is 1.07. The zero-order valence-corrected chi connectivity index (χ0v) is 12.2. The van der Waals surface area contributed by atoms with Gasteiger partial charge in [0.1, 0.15) is 5.75 Å². The molecule has 0 amide bonds. The van der Waals surface area contributed by atoms with Gasteiger partial charge in [0.05, 0.1) is 0 Å². The van der Waals surface area contributed by atoms with Crippen LogP contribution in [0.15, 0.2) is 24.3 Å². The van der Waals surface area contributed by atoms with E-state index in [4.69, 9.17) is 0 Å². The average Bonchev–Trinajstić information content (AvgIpc) is 2.38. The molecule has 1 aromatic carbocycles. The Labute approximate surface area is 119 Å². The number of hydrogen-bond acceptors (Lipinski definition) is 3. The van der Waals surface area contributed by atoms with Crippen LogP contribution in [0.2, 0.25) is 0 Å². The quantitative estimate of drug-likeness (QED) is 0.649. The summed E-state index contributed by atoms with van der Waals surface area (Å²) in [4.78, 5) is 0. The highest BCUT2D eigenvalue weighted by Crippen LogP contribution is 2.14. The third-order valence-corrected chi connectivity index (χ3v) is 2.74. The van der Waals surface area contributed by atoms with Crippen LogP contribution in [0.5, 0.6) is 5.75 Å². The maximum atomic E-state index is 12.0. The first-order valence-corrected chi connectivity index (χ1v) is 7.03. The highest BCUT2D eigenvalue weighted by Gasteiger charge is 2.03. The van der Waals surface area contributed by atoms with Gasteiger partial charge in [-0.3, -0.25) is 0 Å². The van der Waals surface area contributed by atoms with Gasteiger partial charge in [-0.05, 0) is 49.7 Å². The summed E-state index contributed by atoms with van der Waals surface area (Å²) in [5.41, 5.74) is 1.06. The SMILES string of the molecule is CC(C)CNCCCNCc1ccc(OC(F)F)cc1. The molecule has 0 radical (unpaired) electrons. The van der Waals surface area contributed by atoms with E-state index >= 15 is 0 Å². The second-order valence-corrected chi connectivity index (χ2v) is 5.15. The maximum Gasteiger partial charge on any atom is 0.387 e. The van der Waals surface area contributed by atoms with Crippen molar-refractivity contribution in [3.63, 3.8) is 0 Å². The molecule has 0 aliphatic rings. The standard InChI is InChI=1S/C15H24F2N2O/c1-12(2)10-18-8-3-9-19-11-13-4-6-14(7-5-13)20-15(16)17/h4-7,12,15,18-19H,3,8-11H2,1-2H3. The fourth-order valence-electron chi connectivity index (χ4n) is 1.75. The monoisotopic (exact) mass is 286 g/mol. The van der Waals surface area contributed by atoms with Gasteiger partial charge in [0.2, 0.25) is 0 Å². The Morgan fingerprint density at radius 1 is 1.05 bits per heavy atom. The van der Waals surface area contributed by atoms with Crippen molar-refractivity contribution in [2.45, 2.75) is 33.4 Å². The van der Waals surface area contributed by atoms with Gasteiger partial charge < -0.3 is 15.4 Å². The number of rotatable bonds is 10. The van der Waals surface area contributed by atoms with Crippen molar-refractivity contribution < 1.29 is 13.5 Å². The van der Waals surface area contributed by atoms with E-state index in [1.54, 1.807) is 24.3 Å². The van der Waals surface area contributed by atoms with E-state index in [0.29, 0.717) is 5.92 Å². The van der Waals surface area contributed by atoms with Crippen LogP contribution >= 0.6 is 0 Å². The Bertz CT molecular complexity index is 355. The topological polar surface area (TPSA) is 33.3 Å². The van der Waals surface area contributed by atoms with Crippen LogP contribution in [0.1, 0.15) is 25.8 Å². The lowest BCUT2D eigenvalue weighted by Gasteiger charge is -2.09. The summed E-state index contributed by atoms with van der Waals surface area (Å²) < 4.78 is 28.3. The summed E-state index contributed by atoms with van der Waals surface area (Å²) in [7, 11) is 0. The molecule has 0 aliphatic carbocycles. The van der Waals surface area contributed by atoms with Crippen molar-refractivity contribution in [3.8, 4) is 5.75 Å². The van der Waals surface area contributed by atoms with Crippen molar-refractivity contribution in [2.75, 3.05) is 19.6 Å². The molecule has 0 saturated carbocycles. The van der Waals surface area contributed by atoms with E-state index < -0.39 is 6.61 Å². The van der Waals surface area contributed by atoms with Gasteiger partial charge >= 0.3 is 6.61 Å². The molecule has 0 spiro atoms. The van der Waals surface area contributed by atoms with E-state index in [-0.39, 0.29) is 5.75 Å². The number of alkyl halides is 2. The van der Waals surface area contributed by atoms with Gasteiger partial charge in [-0.2, -0.15) is 8.78 Å². The van der Waals surface area contributed by atoms with Crippen LogP contribution in [0.25, 0.3) is 0 Å². The number of ether oxygens (including phenoxy) is 1. The molecule has 1 aromatic rings. The van der Waals surface area contributed by atoms with Gasteiger partial charge in [0.25, 0.3) is 0 Å². The van der Waals surface area contributed by atoms with Gasteiger partial charge in [-0.15, -0.1) is 0 Å². The average molecular weight is 286 g/mol. The smallest absolute Gasteiger partial charge is 0.387 e. The Morgan fingerprint density at radius 3 is 2.30 bits per heavy atom. The zero-order valence-electron chi connectivity index (χ0n) is 12.2. The predicted octanol–water partition coefficient (Wildman–Crippen LogP) is 3.01. The van der Waals surface area contributed by atoms with E-state index in [2.05, 4.69) is 29.2 Å². The molecule has 1 rings (SSSR count). The third-order valence-electron chi connectivity index (χ3n) is 2.74. The van der Waals surface area contributed by atoms with Gasteiger partial charge in [0.15, 0.2) is 0 Å². The fraction of sp³-hybridized carbons (Fsp3) is 0.600. The first-order chi connectivity index (χ1) is 9.58. The third kappa shape index (κ3) is 8.07. The number of nitrogens with one attached hydrogen (secondary N) is 2. The van der Waals surface area contributed by atoms with E-state index in [9.17, 15) is 8.78 Å². The molecule has 3 nitrogen and oxygen atoms in total. The largest absolute Gasteiger partial charge is 0.435 e. The second-order valence-electron chi connectivity index (χ2n) is 5.15. The first-order valence-electron chi connectivity index (χ1n) is 7.03. The fourth-order valence-corrected chi connectivity index (χ4v) is 1.75. The molecule has 0 fully saturated rings. The Morgan fingerprint density at radius 2 is 1.70 bits per heavy atom. The molecule has 0 atom stereocenters. The molecule has 20 heavy (non-hydrogen) atoms. The minimum absolute atomic E-state index is 0.196. The lowest BCUT2D eigenvalue weighted by Crippen LogP contribution is -2.24. The van der Waals surface area contributed by atoms with Crippen LogP contribution in [-0.2, 0) is 6.54 Å². The van der Waals surface area contributed by atoms with Crippen molar-refractivity contribution in [2.24, 2.45) is 5.92 Å². The highest BCUT2D eigenvalue weighted by atomic mass is 19.3. The summed E-state index contributed by atoms with van der Waals surface area (Å²) >= 11 is 0. The molecule has 2 N–H and O–H groups in total. The van der Waals surface area contributed by atoms with E-state index in [1.807, 2.05) is 0 Å². The number of hydrogen-bond donors (Lipinski definition) is 2. The van der Waals surface area contributed by atoms with Gasteiger partial charge in [-0.1, -0.05) is 26.0 Å². The van der Waals surface area contributed by atoms with Crippen molar-refractivity contribution in [1.82, 2.24) is 10.6 Å². The molecule has 5 heteroatoms. The minimum atomic E-state index is -2.77. The second kappa shape index (κ2) is 9.66. The summed E-state index contributed by atoms with van der Waals surface area (Å²) in [5, 5.41) is 6.70. The van der Waals surface area contributed by atoms with Crippen molar-refractivity contribution >= 4 is 0 Å². The predicted molar refractivity (Wildman–Crippen MR) is 77.1 cm³/mol. The lowest BCUT2D eigenvalue weighted by molar-refractivity contribution is -0.0498. The molecule has 0 saturated heterocycles. The molecule has 0 aliphatic heterocycles. The maximum absolute atomic E-state index is 12.0. The van der Waals surface area contributed by atoms with Crippen molar-refractivity contribution in [1.29, 1.82) is 0 Å². The Kier molecular flexibility index (Phi) is 8.14. The van der Waals surface area contributed by atoms with Crippen LogP contribution < -0.4 is 15.4 Å². The van der Waals surface area contributed by atoms with Crippen LogP contribution in [-0.4, -0.2) is 26.2 Å². The van der Waals surface area contributed by atoms with Crippen molar-refractivity contribution in [3.05, 3.63) is 29.8 Å².